The third-order valence-corrected chi connectivity index (χ3v) is 3.95. The fraction of sp³-hybridized carbons (Fsp3) is 0.100. The summed E-state index contributed by atoms with van der Waals surface area (Å²) >= 11 is 0. The van der Waals surface area contributed by atoms with E-state index < -0.39 is 10.8 Å². The zero-order valence-corrected chi connectivity index (χ0v) is 15.2. The molecule has 0 spiro atoms. The molecule has 3 rings (SSSR count). The van der Waals surface area contributed by atoms with Gasteiger partial charge < -0.3 is 9.15 Å². The number of ether oxygens (including phenoxy) is 1. The number of furan rings is 1. The number of nitrogens with one attached hydrogen (secondary N) is 1. The Morgan fingerprint density at radius 3 is 2.75 bits per heavy atom. The first-order chi connectivity index (χ1) is 13.5. The summed E-state index contributed by atoms with van der Waals surface area (Å²) < 4.78 is 10.8. The van der Waals surface area contributed by atoms with Gasteiger partial charge in [0.15, 0.2) is 0 Å². The third kappa shape index (κ3) is 4.07. The number of hydrogen-bond acceptors (Lipinski definition) is 6. The maximum atomic E-state index is 12.3. The molecule has 0 aliphatic heterocycles. The number of methoxy groups -OCH3 is 1. The van der Waals surface area contributed by atoms with E-state index in [1.807, 2.05) is 6.92 Å². The molecule has 0 radical (unpaired) electrons. The first kappa shape index (κ1) is 18.8. The lowest BCUT2D eigenvalue weighted by Gasteiger charge is -2.07. The summed E-state index contributed by atoms with van der Waals surface area (Å²) in [6.45, 7) is 1.90. The van der Waals surface area contributed by atoms with Crippen LogP contribution in [0.15, 0.2) is 64.1 Å². The van der Waals surface area contributed by atoms with Crippen molar-refractivity contribution in [2.75, 3.05) is 7.11 Å². The van der Waals surface area contributed by atoms with E-state index in [4.69, 9.17) is 9.15 Å². The Balaban J connectivity index is 1.73. The average Bonchev–Trinajstić information content (AvgIpc) is 3.16. The molecule has 28 heavy (non-hydrogen) atoms. The van der Waals surface area contributed by atoms with Crippen LogP contribution in [-0.4, -0.2) is 24.2 Å². The smallest absolute Gasteiger partial charge is 0.280 e. The highest BCUT2D eigenvalue weighted by Crippen LogP contribution is 2.30. The van der Waals surface area contributed by atoms with Crippen LogP contribution in [0.3, 0.4) is 0 Å². The Morgan fingerprint density at radius 1 is 1.21 bits per heavy atom. The molecular weight excluding hydrogens is 362 g/mol. The molecule has 142 valence electrons. The lowest BCUT2D eigenvalue weighted by molar-refractivity contribution is -0.384. The number of hydrogen-bond donors (Lipinski definition) is 1. The summed E-state index contributed by atoms with van der Waals surface area (Å²) in [4.78, 5) is 22.9. The van der Waals surface area contributed by atoms with Crippen molar-refractivity contribution in [3.05, 3.63) is 81.6 Å². The van der Waals surface area contributed by atoms with Gasteiger partial charge in [0.05, 0.1) is 29.4 Å². The van der Waals surface area contributed by atoms with E-state index in [2.05, 4.69) is 10.5 Å². The fourth-order valence-corrected chi connectivity index (χ4v) is 2.61. The Hall–Kier alpha value is -3.94. The Kier molecular flexibility index (Phi) is 5.50. The molecule has 1 aromatic heterocycles. The van der Waals surface area contributed by atoms with Crippen LogP contribution in [0.5, 0.6) is 5.75 Å². The number of nitrogens with zero attached hydrogens (tertiary/aromatic N) is 2. The number of nitro groups is 1. The topological polar surface area (TPSA) is 107 Å². The van der Waals surface area contributed by atoms with E-state index in [-0.39, 0.29) is 5.69 Å². The molecule has 0 fully saturated rings. The number of carbonyl (C=O) groups excluding carboxylic acids is 1. The number of carbonyl (C=O) groups is 1. The van der Waals surface area contributed by atoms with Crippen molar-refractivity contribution in [3.63, 3.8) is 0 Å². The van der Waals surface area contributed by atoms with Crippen LogP contribution in [0.4, 0.5) is 5.69 Å². The molecule has 8 nitrogen and oxygen atoms in total. The van der Waals surface area contributed by atoms with E-state index in [1.54, 1.807) is 48.5 Å². The van der Waals surface area contributed by atoms with Gasteiger partial charge in [-0.25, -0.2) is 5.43 Å². The van der Waals surface area contributed by atoms with Crippen LogP contribution in [-0.2, 0) is 0 Å². The van der Waals surface area contributed by atoms with Crippen molar-refractivity contribution >= 4 is 17.8 Å². The molecule has 1 N–H and O–H groups in total. The molecule has 0 saturated carbocycles. The van der Waals surface area contributed by atoms with E-state index in [1.165, 1.54) is 19.4 Å². The minimum absolute atomic E-state index is 0.0555. The number of benzene rings is 2. The highest BCUT2D eigenvalue weighted by molar-refractivity contribution is 5.97. The Bertz CT molecular complexity index is 1060. The lowest BCUT2D eigenvalue weighted by Crippen LogP contribution is -2.18. The summed E-state index contributed by atoms with van der Waals surface area (Å²) in [5.41, 5.74) is 4.03. The molecule has 1 amide bonds. The number of hydrazone groups is 1. The molecule has 2 aromatic carbocycles. The van der Waals surface area contributed by atoms with Gasteiger partial charge in [-0.3, -0.25) is 14.9 Å². The van der Waals surface area contributed by atoms with Crippen molar-refractivity contribution in [2.45, 2.75) is 6.92 Å². The summed E-state index contributed by atoms with van der Waals surface area (Å²) in [7, 11) is 1.49. The second-order valence-corrected chi connectivity index (χ2v) is 5.88. The summed E-state index contributed by atoms with van der Waals surface area (Å²) in [6.07, 6.45) is 1.32. The summed E-state index contributed by atoms with van der Waals surface area (Å²) in [6, 6.07) is 14.7. The minimum atomic E-state index is -0.471. The predicted molar refractivity (Wildman–Crippen MR) is 104 cm³/mol. The zero-order valence-electron chi connectivity index (χ0n) is 15.2. The quantitative estimate of drug-likeness (QED) is 0.397. The predicted octanol–water partition coefficient (Wildman–Crippen LogP) is 3.94. The van der Waals surface area contributed by atoms with E-state index >= 15 is 0 Å². The number of para-hydroxylation sites is 1. The first-order valence-electron chi connectivity index (χ1n) is 8.31. The molecule has 0 atom stereocenters. The molecule has 3 aromatic rings. The highest BCUT2D eigenvalue weighted by Gasteiger charge is 2.17. The van der Waals surface area contributed by atoms with Gasteiger partial charge in [0.2, 0.25) is 0 Å². The number of amides is 1. The van der Waals surface area contributed by atoms with Gasteiger partial charge in [0, 0.05) is 6.07 Å². The van der Waals surface area contributed by atoms with E-state index in [0.717, 1.165) is 5.56 Å². The summed E-state index contributed by atoms with van der Waals surface area (Å²) in [5, 5.41) is 15.0. The molecule has 0 aliphatic rings. The van der Waals surface area contributed by atoms with Gasteiger partial charge in [-0.15, -0.1) is 0 Å². The van der Waals surface area contributed by atoms with Crippen LogP contribution in [0.1, 0.15) is 21.7 Å². The SMILES string of the molecule is COc1cc(C)ccc1C(=O)N/N=C\c1ccc(-c2ccccc2[N+](=O)[O-])o1. The maximum absolute atomic E-state index is 12.3. The highest BCUT2D eigenvalue weighted by atomic mass is 16.6. The zero-order chi connectivity index (χ0) is 20.1. The van der Waals surface area contributed by atoms with Gasteiger partial charge in [0.25, 0.3) is 11.6 Å². The van der Waals surface area contributed by atoms with Gasteiger partial charge in [-0.1, -0.05) is 18.2 Å². The number of nitro benzene ring substituents is 1. The minimum Gasteiger partial charge on any atom is -0.496 e. The van der Waals surface area contributed by atoms with E-state index in [0.29, 0.717) is 28.4 Å². The van der Waals surface area contributed by atoms with Crippen LogP contribution in [0.25, 0.3) is 11.3 Å². The van der Waals surface area contributed by atoms with E-state index in [9.17, 15) is 14.9 Å². The van der Waals surface area contributed by atoms with Crippen LogP contribution >= 0.6 is 0 Å². The summed E-state index contributed by atoms with van der Waals surface area (Å²) in [5.74, 6) is 0.688. The number of rotatable bonds is 6. The molecule has 0 unspecified atom stereocenters. The Labute approximate surface area is 160 Å². The van der Waals surface area contributed by atoms with Crippen LogP contribution in [0, 0.1) is 17.0 Å². The van der Waals surface area contributed by atoms with Crippen LogP contribution < -0.4 is 10.2 Å². The standard InChI is InChI=1S/C20H17N3O5/c1-13-7-9-16(19(11-13)27-2)20(24)22-21-12-14-8-10-18(28-14)15-5-3-4-6-17(15)23(25)26/h3-12H,1-2H3,(H,22,24)/b21-12-. The third-order valence-electron chi connectivity index (χ3n) is 3.95. The molecule has 0 saturated heterocycles. The Morgan fingerprint density at radius 2 is 2.00 bits per heavy atom. The van der Waals surface area contributed by atoms with Gasteiger partial charge in [-0.05, 0) is 42.8 Å². The largest absolute Gasteiger partial charge is 0.496 e. The second-order valence-electron chi connectivity index (χ2n) is 5.88. The molecule has 0 bridgehead atoms. The van der Waals surface area contributed by atoms with Crippen molar-refractivity contribution in [2.24, 2.45) is 5.10 Å². The van der Waals surface area contributed by atoms with Crippen molar-refractivity contribution in [1.29, 1.82) is 0 Å². The van der Waals surface area contributed by atoms with Crippen LogP contribution in [0.2, 0.25) is 0 Å². The normalized spacial score (nSPS) is 10.8. The van der Waals surface area contributed by atoms with Gasteiger partial charge >= 0.3 is 0 Å². The molecular formula is C20H17N3O5. The number of aryl methyl sites for hydroxylation is 1. The fourth-order valence-electron chi connectivity index (χ4n) is 2.61. The average molecular weight is 379 g/mol. The lowest BCUT2D eigenvalue weighted by atomic mass is 10.1. The molecule has 8 heteroatoms. The molecule has 1 heterocycles. The van der Waals surface area contributed by atoms with Gasteiger partial charge in [0.1, 0.15) is 17.3 Å². The monoisotopic (exact) mass is 379 g/mol. The van der Waals surface area contributed by atoms with Crippen molar-refractivity contribution in [3.8, 4) is 17.1 Å². The molecule has 0 aliphatic carbocycles. The van der Waals surface area contributed by atoms with Crippen molar-refractivity contribution in [1.82, 2.24) is 5.43 Å². The maximum Gasteiger partial charge on any atom is 0.280 e. The van der Waals surface area contributed by atoms with Crippen molar-refractivity contribution < 1.29 is 18.9 Å². The first-order valence-corrected chi connectivity index (χ1v) is 8.31. The van der Waals surface area contributed by atoms with Gasteiger partial charge in [-0.2, -0.15) is 5.10 Å². The second kappa shape index (κ2) is 8.17.